The van der Waals surface area contributed by atoms with Gasteiger partial charge in [-0.25, -0.2) is 4.79 Å². The molecule has 0 saturated carbocycles. The van der Waals surface area contributed by atoms with E-state index in [1.807, 2.05) is 98.1 Å². The van der Waals surface area contributed by atoms with Crippen molar-refractivity contribution in [1.82, 2.24) is 25.3 Å². The Hall–Kier alpha value is -4.53. The smallest absolute Gasteiger partial charge is 0.328 e. The van der Waals surface area contributed by atoms with Crippen molar-refractivity contribution in [2.75, 3.05) is 60.9 Å². The number of anilines is 1. The quantitative estimate of drug-likeness (QED) is 0.114. The summed E-state index contributed by atoms with van der Waals surface area (Å²) >= 11 is 0. The number of esters is 1. The van der Waals surface area contributed by atoms with Crippen LogP contribution in [0.3, 0.4) is 0 Å². The fourth-order valence-corrected chi connectivity index (χ4v) is 9.06. The van der Waals surface area contributed by atoms with Gasteiger partial charge >= 0.3 is 5.97 Å². The van der Waals surface area contributed by atoms with Gasteiger partial charge in [0.05, 0.1) is 49.8 Å². The molecule has 3 N–H and O–H groups in total. The predicted molar refractivity (Wildman–Crippen MR) is 248 cm³/mol. The lowest BCUT2D eigenvalue weighted by Gasteiger charge is -2.41. The van der Waals surface area contributed by atoms with E-state index >= 15 is 0 Å². The van der Waals surface area contributed by atoms with Gasteiger partial charge in [0.15, 0.2) is 0 Å². The molecule has 0 unspecified atom stereocenters. The Kier molecular flexibility index (Phi) is 21.5. The van der Waals surface area contributed by atoms with Crippen molar-refractivity contribution in [2.45, 2.75) is 129 Å². The average Bonchev–Trinajstić information content (AvgIpc) is 3.76. The van der Waals surface area contributed by atoms with E-state index < -0.39 is 54.3 Å². The van der Waals surface area contributed by atoms with E-state index in [1.165, 1.54) is 19.8 Å². The number of carbonyl (C=O) groups excluding carboxylic acids is 5. The summed E-state index contributed by atoms with van der Waals surface area (Å²) in [4.78, 5) is 75.1. The van der Waals surface area contributed by atoms with E-state index in [0.29, 0.717) is 25.9 Å². The van der Waals surface area contributed by atoms with E-state index in [0.717, 1.165) is 24.1 Å². The molecule has 0 aromatic heterocycles. The van der Waals surface area contributed by atoms with E-state index in [9.17, 15) is 24.0 Å². The van der Waals surface area contributed by atoms with Gasteiger partial charge in [-0.2, -0.15) is 0 Å². The Balaban J connectivity index is 1.77. The molecule has 14 nitrogen and oxygen atoms in total. The van der Waals surface area contributed by atoms with Gasteiger partial charge in [0, 0.05) is 53.5 Å². The van der Waals surface area contributed by atoms with Crippen molar-refractivity contribution in [1.29, 1.82) is 0 Å². The summed E-state index contributed by atoms with van der Waals surface area (Å²) in [5.74, 6) is -2.55. The number of methoxy groups -OCH3 is 3. The molecule has 1 saturated heterocycles. The predicted octanol–water partition coefficient (Wildman–Crippen LogP) is 5.19. The van der Waals surface area contributed by atoms with Crippen LogP contribution in [0.2, 0.25) is 0 Å². The van der Waals surface area contributed by atoms with Gasteiger partial charge in [-0.3, -0.25) is 24.1 Å². The van der Waals surface area contributed by atoms with Crippen molar-refractivity contribution in [3.8, 4) is 0 Å². The maximum atomic E-state index is 14.6. The number of amides is 4. The molecule has 2 aromatic rings. The monoisotopic (exact) mass is 879 g/mol. The van der Waals surface area contributed by atoms with Crippen molar-refractivity contribution in [3.63, 3.8) is 0 Å². The Labute approximate surface area is 377 Å². The van der Waals surface area contributed by atoms with Crippen LogP contribution in [0.5, 0.6) is 0 Å². The minimum atomic E-state index is -0.898. The summed E-state index contributed by atoms with van der Waals surface area (Å²) < 4.78 is 17.1. The average molecular weight is 879 g/mol. The zero-order valence-electron chi connectivity index (χ0n) is 40.3. The lowest BCUT2D eigenvalue weighted by Crippen LogP contribution is -2.60. The molecule has 3 rings (SSSR count). The highest BCUT2D eigenvalue weighted by Crippen LogP contribution is 2.30. The SMILES string of the molecule is CC[C@H](C)[C@@H]([C@@H](CC(=O)N1CCC[C@H]1[C@H](OC)[C@@H](C)C(=O)N[C@@H](Cc1ccccc1)C(=O)OC)OC)N(C)C(=O)[C@@H](NC(=O)[C@H](C(C)C)N(C)CCc1ccc(NC)cc1)C(C)C. The third-order valence-corrected chi connectivity index (χ3v) is 12.9. The molecule has 0 aliphatic carbocycles. The Morgan fingerprint density at radius 2 is 1.48 bits per heavy atom. The zero-order chi connectivity index (χ0) is 47.0. The summed E-state index contributed by atoms with van der Waals surface area (Å²) in [5, 5.41) is 9.15. The molecule has 2 aromatic carbocycles. The molecule has 14 heteroatoms. The summed E-state index contributed by atoms with van der Waals surface area (Å²) in [6.45, 7) is 14.9. The van der Waals surface area contributed by atoms with Gasteiger partial charge in [-0.05, 0) is 67.3 Å². The van der Waals surface area contributed by atoms with Gasteiger partial charge in [0.25, 0.3) is 0 Å². The highest BCUT2D eigenvalue weighted by Gasteiger charge is 2.43. The molecule has 352 valence electrons. The minimum absolute atomic E-state index is 0.00522. The molecule has 1 aliphatic rings. The van der Waals surface area contributed by atoms with E-state index in [-0.39, 0.29) is 54.2 Å². The molecule has 63 heavy (non-hydrogen) atoms. The number of hydrogen-bond donors (Lipinski definition) is 3. The molecule has 9 atom stereocenters. The Morgan fingerprint density at radius 1 is 0.825 bits per heavy atom. The first kappa shape index (κ1) is 52.8. The third kappa shape index (κ3) is 14.5. The summed E-state index contributed by atoms with van der Waals surface area (Å²) in [7, 11) is 9.96. The molecule has 1 aliphatic heterocycles. The van der Waals surface area contributed by atoms with Gasteiger partial charge in [0.2, 0.25) is 23.6 Å². The van der Waals surface area contributed by atoms with Crippen LogP contribution < -0.4 is 16.0 Å². The van der Waals surface area contributed by atoms with Crippen molar-refractivity contribution in [2.24, 2.45) is 23.7 Å². The maximum absolute atomic E-state index is 14.6. The highest BCUT2D eigenvalue weighted by atomic mass is 16.5. The van der Waals surface area contributed by atoms with Crippen LogP contribution in [0.4, 0.5) is 5.69 Å². The first-order valence-electron chi connectivity index (χ1n) is 22.7. The van der Waals surface area contributed by atoms with Crippen molar-refractivity contribution in [3.05, 3.63) is 65.7 Å². The van der Waals surface area contributed by atoms with Gasteiger partial charge in [-0.15, -0.1) is 0 Å². The summed E-state index contributed by atoms with van der Waals surface area (Å²) in [6, 6.07) is 14.6. The minimum Gasteiger partial charge on any atom is -0.467 e. The number of nitrogens with zero attached hydrogens (tertiary/aromatic N) is 3. The number of rotatable bonds is 25. The fourth-order valence-electron chi connectivity index (χ4n) is 9.06. The van der Waals surface area contributed by atoms with Crippen LogP contribution in [0.25, 0.3) is 0 Å². The van der Waals surface area contributed by atoms with E-state index in [4.69, 9.17) is 14.2 Å². The molecular formula is C49H78N6O8. The second-order valence-electron chi connectivity index (χ2n) is 18.0. The van der Waals surface area contributed by atoms with Crippen LogP contribution in [0, 0.1) is 23.7 Å². The van der Waals surface area contributed by atoms with Crippen LogP contribution in [-0.4, -0.2) is 142 Å². The standard InChI is InChI=1S/C49H78N6O8/c1-14-33(6)44(54(10)48(59)42(31(2)3)52-47(58)43(32(4)5)53(9)28-26-35-22-24-37(50-8)25-23-35)40(61-11)30-41(56)55-27-18-21-39(55)45(62-12)34(7)46(57)51-38(49(60)63-13)29-36-19-16-15-17-20-36/h15-17,19-20,22-25,31-34,38-40,42-45,50H,14,18,21,26-30H2,1-13H3,(H,51,57)(H,52,58)/t33-,34+,38-,39-,40+,42-,43-,44-,45+/m0/s1. The largest absolute Gasteiger partial charge is 0.467 e. The number of ether oxygens (including phenoxy) is 3. The summed E-state index contributed by atoms with van der Waals surface area (Å²) in [6.07, 6.45) is 1.77. The molecule has 0 radical (unpaired) electrons. The van der Waals surface area contributed by atoms with Gasteiger partial charge in [-0.1, -0.05) is 97.4 Å². The highest BCUT2D eigenvalue weighted by molar-refractivity contribution is 5.90. The topological polar surface area (TPSA) is 159 Å². The van der Waals surface area contributed by atoms with Gasteiger partial charge in [0.1, 0.15) is 12.1 Å². The lowest BCUT2D eigenvalue weighted by molar-refractivity contribution is -0.149. The second-order valence-corrected chi connectivity index (χ2v) is 18.0. The number of likely N-dealkylation sites (tertiary alicyclic amines) is 1. The van der Waals surface area contributed by atoms with Crippen molar-refractivity contribution < 1.29 is 38.2 Å². The maximum Gasteiger partial charge on any atom is 0.328 e. The summed E-state index contributed by atoms with van der Waals surface area (Å²) in [5.41, 5.74) is 3.08. The number of carbonyl (C=O) groups is 5. The number of hydrogen-bond acceptors (Lipinski definition) is 10. The Bertz CT molecular complexity index is 1740. The number of likely N-dealkylation sites (N-methyl/N-ethyl adjacent to an activating group) is 2. The molecule has 4 amide bonds. The Morgan fingerprint density at radius 3 is 2.02 bits per heavy atom. The zero-order valence-corrected chi connectivity index (χ0v) is 40.3. The number of nitrogens with one attached hydrogen (secondary N) is 3. The molecule has 0 bridgehead atoms. The normalized spacial score (nSPS) is 17.9. The first-order chi connectivity index (χ1) is 29.9. The first-order valence-corrected chi connectivity index (χ1v) is 22.7. The molecule has 0 spiro atoms. The molecule has 1 heterocycles. The van der Waals surface area contributed by atoms with E-state index in [1.54, 1.807) is 30.9 Å². The molecular weight excluding hydrogens is 801 g/mol. The molecule has 1 fully saturated rings. The van der Waals surface area contributed by atoms with Crippen LogP contribution in [0.15, 0.2) is 54.6 Å². The fraction of sp³-hybridized carbons (Fsp3) is 0.653. The third-order valence-electron chi connectivity index (χ3n) is 12.9. The van der Waals surface area contributed by atoms with Crippen molar-refractivity contribution >= 4 is 35.3 Å². The second kappa shape index (κ2) is 25.7. The van der Waals surface area contributed by atoms with Crippen LogP contribution >= 0.6 is 0 Å². The van der Waals surface area contributed by atoms with E-state index in [2.05, 4.69) is 33.0 Å². The lowest BCUT2D eigenvalue weighted by atomic mass is 9.89. The van der Waals surface area contributed by atoms with Crippen LogP contribution in [0.1, 0.15) is 85.3 Å². The van der Waals surface area contributed by atoms with Gasteiger partial charge < -0.3 is 40.0 Å². The number of benzene rings is 2. The van der Waals surface area contributed by atoms with Crippen LogP contribution in [-0.2, 0) is 51.0 Å².